The van der Waals surface area contributed by atoms with Crippen LogP contribution in [0.5, 0.6) is 0 Å². The second-order valence-corrected chi connectivity index (χ2v) is 6.37. The molecule has 0 bridgehead atoms. The molecule has 1 aliphatic carbocycles. The molecular weight excluding hydrogens is 292 g/mol. The van der Waals surface area contributed by atoms with Gasteiger partial charge in [-0.15, -0.1) is 0 Å². The van der Waals surface area contributed by atoms with Gasteiger partial charge in [-0.2, -0.15) is 0 Å². The highest BCUT2D eigenvalue weighted by atomic mass is 16.3. The molecule has 6 nitrogen and oxygen atoms in total. The summed E-state index contributed by atoms with van der Waals surface area (Å²) >= 11 is 0. The second-order valence-electron chi connectivity index (χ2n) is 6.37. The topological polar surface area (TPSA) is 85.8 Å². The number of rotatable bonds is 11. The molecule has 0 aromatic carbocycles. The van der Waals surface area contributed by atoms with Gasteiger partial charge in [-0.3, -0.25) is 9.79 Å². The van der Waals surface area contributed by atoms with Gasteiger partial charge in [0.05, 0.1) is 0 Å². The number of hydrogen-bond donors (Lipinski definition) is 4. The third kappa shape index (κ3) is 7.20. The van der Waals surface area contributed by atoms with E-state index in [-0.39, 0.29) is 23.8 Å². The number of hydrogen-bond acceptors (Lipinski definition) is 3. The maximum Gasteiger partial charge on any atom is 0.223 e. The van der Waals surface area contributed by atoms with Crippen LogP contribution >= 0.6 is 0 Å². The summed E-state index contributed by atoms with van der Waals surface area (Å²) in [6.45, 7) is 9.32. The van der Waals surface area contributed by atoms with E-state index in [2.05, 4.69) is 34.8 Å². The number of nitrogens with one attached hydrogen (secondary N) is 3. The molecule has 23 heavy (non-hydrogen) atoms. The Balaban J connectivity index is 2.42. The van der Waals surface area contributed by atoms with Gasteiger partial charge < -0.3 is 21.1 Å². The van der Waals surface area contributed by atoms with Gasteiger partial charge in [0, 0.05) is 38.7 Å². The fourth-order valence-electron chi connectivity index (χ4n) is 2.59. The monoisotopic (exact) mass is 326 g/mol. The summed E-state index contributed by atoms with van der Waals surface area (Å²) in [5.74, 6) is 1.20. The zero-order valence-corrected chi connectivity index (χ0v) is 15.0. The summed E-state index contributed by atoms with van der Waals surface area (Å²) in [7, 11) is 0. The van der Waals surface area contributed by atoms with E-state index in [0.717, 1.165) is 44.6 Å². The molecule has 1 aliphatic rings. The highest BCUT2D eigenvalue weighted by Crippen LogP contribution is 2.30. The van der Waals surface area contributed by atoms with Gasteiger partial charge >= 0.3 is 0 Å². The molecular formula is C17H34N4O2. The quantitative estimate of drug-likeness (QED) is 0.262. The third-order valence-corrected chi connectivity index (χ3v) is 4.72. The lowest BCUT2D eigenvalue weighted by Gasteiger charge is -2.29. The van der Waals surface area contributed by atoms with Crippen LogP contribution < -0.4 is 16.0 Å². The number of aliphatic imine (C=N–C) groups is 1. The van der Waals surface area contributed by atoms with E-state index in [9.17, 15) is 9.90 Å². The minimum Gasteiger partial charge on any atom is -0.396 e. The summed E-state index contributed by atoms with van der Waals surface area (Å²) < 4.78 is 0. The Morgan fingerprint density at radius 3 is 2.30 bits per heavy atom. The average molecular weight is 326 g/mol. The standard InChI is InChI=1S/C17H34N4O2/c1-4-17(5-2,9-12-22)13-21-16(18-6-3)20-11-10-19-15(23)14-7-8-14/h14,22H,4-13H2,1-3H3,(H,19,23)(H2,18,20,21). The first-order valence-electron chi connectivity index (χ1n) is 9.01. The van der Waals surface area contributed by atoms with Crippen molar-refractivity contribution in [3.8, 4) is 0 Å². The van der Waals surface area contributed by atoms with E-state index in [1.165, 1.54) is 0 Å². The minimum absolute atomic E-state index is 0.0668. The lowest BCUT2D eigenvalue weighted by Crippen LogP contribution is -2.42. The van der Waals surface area contributed by atoms with Crippen molar-refractivity contribution in [2.75, 3.05) is 32.8 Å². The van der Waals surface area contributed by atoms with E-state index >= 15 is 0 Å². The van der Waals surface area contributed by atoms with Crippen molar-refractivity contribution in [1.29, 1.82) is 0 Å². The van der Waals surface area contributed by atoms with Crippen molar-refractivity contribution in [3.63, 3.8) is 0 Å². The molecule has 0 aromatic rings. The lowest BCUT2D eigenvalue weighted by molar-refractivity contribution is -0.122. The second kappa shape index (κ2) is 10.5. The molecule has 0 heterocycles. The first-order valence-corrected chi connectivity index (χ1v) is 9.01. The molecule has 0 aliphatic heterocycles. The molecule has 134 valence electrons. The van der Waals surface area contributed by atoms with Gasteiger partial charge in [-0.25, -0.2) is 0 Å². The molecule has 0 spiro atoms. The Morgan fingerprint density at radius 2 is 1.78 bits per heavy atom. The molecule has 0 unspecified atom stereocenters. The fourth-order valence-corrected chi connectivity index (χ4v) is 2.59. The number of carbonyl (C=O) groups is 1. The van der Waals surface area contributed by atoms with Crippen LogP contribution in [-0.4, -0.2) is 49.8 Å². The predicted molar refractivity (Wildman–Crippen MR) is 94.4 cm³/mol. The summed E-state index contributed by atoms with van der Waals surface area (Å²) in [4.78, 5) is 16.3. The molecule has 0 atom stereocenters. The number of aliphatic hydroxyl groups excluding tert-OH is 1. The van der Waals surface area contributed by atoms with Crippen LogP contribution in [0.1, 0.15) is 52.9 Å². The van der Waals surface area contributed by atoms with E-state index in [0.29, 0.717) is 19.6 Å². The summed E-state index contributed by atoms with van der Waals surface area (Å²) in [5, 5.41) is 18.7. The molecule has 0 radical (unpaired) electrons. The van der Waals surface area contributed by atoms with Gasteiger partial charge in [-0.05, 0) is 44.4 Å². The van der Waals surface area contributed by atoms with Crippen LogP contribution in [0.4, 0.5) is 0 Å². The van der Waals surface area contributed by atoms with Gasteiger partial charge in [0.25, 0.3) is 0 Å². The summed E-state index contributed by atoms with van der Waals surface area (Å²) in [6.07, 6.45) is 4.85. The molecule has 0 saturated heterocycles. The van der Waals surface area contributed by atoms with Crippen LogP contribution in [0.25, 0.3) is 0 Å². The van der Waals surface area contributed by atoms with Crippen molar-refractivity contribution in [1.82, 2.24) is 16.0 Å². The molecule has 1 saturated carbocycles. The van der Waals surface area contributed by atoms with Gasteiger partial charge in [0.1, 0.15) is 0 Å². The zero-order valence-electron chi connectivity index (χ0n) is 15.0. The van der Waals surface area contributed by atoms with Gasteiger partial charge in [-0.1, -0.05) is 13.8 Å². The maximum absolute atomic E-state index is 11.6. The van der Waals surface area contributed by atoms with E-state index in [4.69, 9.17) is 0 Å². The van der Waals surface area contributed by atoms with Crippen LogP contribution in [0, 0.1) is 11.3 Å². The van der Waals surface area contributed by atoms with E-state index in [1.807, 2.05) is 6.92 Å². The highest BCUT2D eigenvalue weighted by Gasteiger charge is 2.29. The van der Waals surface area contributed by atoms with Crippen molar-refractivity contribution in [2.45, 2.75) is 52.9 Å². The molecule has 0 aromatic heterocycles. The number of carbonyl (C=O) groups excluding carboxylic acids is 1. The van der Waals surface area contributed by atoms with Gasteiger partial charge in [0.15, 0.2) is 5.96 Å². The van der Waals surface area contributed by atoms with E-state index in [1.54, 1.807) is 0 Å². The molecule has 6 heteroatoms. The molecule has 1 fully saturated rings. The summed E-state index contributed by atoms with van der Waals surface area (Å²) in [5.41, 5.74) is 0.0668. The lowest BCUT2D eigenvalue weighted by atomic mass is 9.79. The van der Waals surface area contributed by atoms with Crippen LogP contribution in [-0.2, 0) is 4.79 Å². The van der Waals surface area contributed by atoms with Crippen molar-refractivity contribution in [2.24, 2.45) is 16.3 Å². The maximum atomic E-state index is 11.6. The Hall–Kier alpha value is -1.30. The first-order chi connectivity index (χ1) is 11.1. The molecule has 4 N–H and O–H groups in total. The third-order valence-electron chi connectivity index (χ3n) is 4.72. The Kier molecular flexibility index (Phi) is 8.99. The highest BCUT2D eigenvalue weighted by molar-refractivity contribution is 5.81. The van der Waals surface area contributed by atoms with Crippen LogP contribution in [0.2, 0.25) is 0 Å². The number of aliphatic hydroxyl groups is 1. The summed E-state index contributed by atoms with van der Waals surface area (Å²) in [6, 6.07) is 0. The largest absolute Gasteiger partial charge is 0.396 e. The first kappa shape index (κ1) is 19.7. The van der Waals surface area contributed by atoms with Crippen molar-refractivity contribution >= 4 is 11.9 Å². The average Bonchev–Trinajstić information content (AvgIpc) is 3.40. The number of amides is 1. The smallest absolute Gasteiger partial charge is 0.223 e. The molecule has 1 amide bonds. The number of guanidine groups is 1. The van der Waals surface area contributed by atoms with Crippen LogP contribution in [0.3, 0.4) is 0 Å². The molecule has 1 rings (SSSR count). The minimum atomic E-state index is 0.0668. The van der Waals surface area contributed by atoms with Crippen molar-refractivity contribution < 1.29 is 9.90 Å². The Morgan fingerprint density at radius 1 is 1.13 bits per heavy atom. The van der Waals surface area contributed by atoms with E-state index < -0.39 is 0 Å². The van der Waals surface area contributed by atoms with Crippen LogP contribution in [0.15, 0.2) is 4.99 Å². The van der Waals surface area contributed by atoms with Gasteiger partial charge in [0.2, 0.25) is 5.91 Å². The normalized spacial score (nSPS) is 15.4. The zero-order chi connectivity index (χ0) is 17.1. The predicted octanol–water partition coefficient (Wildman–Crippen LogP) is 1.26. The van der Waals surface area contributed by atoms with Crippen molar-refractivity contribution in [3.05, 3.63) is 0 Å². The SMILES string of the molecule is CCNC(=NCC(CC)(CC)CCO)NCCNC(=O)C1CC1. The Labute approximate surface area is 140 Å². The Bertz CT molecular complexity index is 377. The fraction of sp³-hybridized carbons (Fsp3) is 0.882. The number of nitrogens with zero attached hydrogens (tertiary/aromatic N) is 1.